The summed E-state index contributed by atoms with van der Waals surface area (Å²) in [6, 6.07) is 15.2. The number of aromatic amines is 1. The smallest absolute Gasteiger partial charge is 0.338 e. The van der Waals surface area contributed by atoms with Crippen molar-refractivity contribution in [3.8, 4) is 32.3 Å². The van der Waals surface area contributed by atoms with Crippen LogP contribution in [0, 0.1) is 6.92 Å². The average Bonchev–Trinajstić information content (AvgIpc) is 3.38. The molecule has 0 saturated carbocycles. The Labute approximate surface area is 176 Å². The van der Waals surface area contributed by atoms with Gasteiger partial charge < -0.3 is 4.74 Å². The van der Waals surface area contributed by atoms with Gasteiger partial charge in [-0.25, -0.2) is 4.79 Å². The van der Waals surface area contributed by atoms with Crippen molar-refractivity contribution in [3.63, 3.8) is 0 Å². The molecular weight excluding hydrogens is 408 g/mol. The number of thiophene rings is 1. The molecule has 0 amide bonds. The summed E-state index contributed by atoms with van der Waals surface area (Å²) < 4.78 is 5.15. The minimum absolute atomic E-state index is 0.332. The number of nitrogens with one attached hydrogen (secondary N) is 1. The highest BCUT2D eigenvalue weighted by molar-refractivity contribution is 7.19. The number of hydrogen-bond acceptors (Lipinski definition) is 6. The molecule has 0 fully saturated rings. The number of aromatic nitrogens is 4. The van der Waals surface area contributed by atoms with E-state index in [9.17, 15) is 4.79 Å². The maximum absolute atomic E-state index is 12.2. The standard InChI is InChI=1S/C21H17ClN4O2S/c1-3-28-21(27)14-6-4-5-13(10-14)17-11-18(20-23-25-26-24-20)29-19(17)16-8-7-15(22)9-12(16)2/h4-11H,3H2,1-2H3,(H,23,24,25,26). The lowest BCUT2D eigenvalue weighted by Gasteiger charge is -2.09. The topological polar surface area (TPSA) is 80.8 Å². The van der Waals surface area contributed by atoms with Crippen LogP contribution in [0.15, 0.2) is 48.5 Å². The van der Waals surface area contributed by atoms with Crippen molar-refractivity contribution in [2.75, 3.05) is 6.61 Å². The van der Waals surface area contributed by atoms with Crippen LogP contribution in [0.5, 0.6) is 0 Å². The molecule has 2 heterocycles. The molecule has 6 nitrogen and oxygen atoms in total. The molecule has 0 saturated heterocycles. The summed E-state index contributed by atoms with van der Waals surface area (Å²) in [5.41, 5.74) is 4.51. The van der Waals surface area contributed by atoms with Gasteiger partial charge in [0, 0.05) is 15.5 Å². The minimum atomic E-state index is -0.341. The van der Waals surface area contributed by atoms with Crippen LogP contribution in [0.25, 0.3) is 32.3 Å². The molecule has 2 aromatic heterocycles. The zero-order valence-corrected chi connectivity index (χ0v) is 17.3. The first-order valence-electron chi connectivity index (χ1n) is 8.98. The van der Waals surface area contributed by atoms with E-state index >= 15 is 0 Å². The predicted octanol–water partition coefficient (Wildman–Crippen LogP) is 5.40. The zero-order chi connectivity index (χ0) is 20.4. The lowest BCUT2D eigenvalue weighted by molar-refractivity contribution is 0.0526. The number of carbonyl (C=O) groups excluding carboxylic acids is 1. The van der Waals surface area contributed by atoms with Gasteiger partial charge in [0.25, 0.3) is 0 Å². The monoisotopic (exact) mass is 424 g/mol. The van der Waals surface area contributed by atoms with Crippen molar-refractivity contribution in [3.05, 3.63) is 64.7 Å². The van der Waals surface area contributed by atoms with Gasteiger partial charge in [0.15, 0.2) is 0 Å². The van der Waals surface area contributed by atoms with Gasteiger partial charge in [0.1, 0.15) is 0 Å². The summed E-state index contributed by atoms with van der Waals surface area (Å²) in [4.78, 5) is 14.1. The fraction of sp³-hybridized carbons (Fsp3) is 0.143. The second kappa shape index (κ2) is 8.14. The molecule has 29 heavy (non-hydrogen) atoms. The Balaban J connectivity index is 1.88. The number of halogens is 1. The third-order valence-electron chi connectivity index (χ3n) is 4.42. The van der Waals surface area contributed by atoms with Gasteiger partial charge >= 0.3 is 5.97 Å². The second-order valence-corrected chi connectivity index (χ2v) is 7.84. The van der Waals surface area contributed by atoms with Crippen molar-refractivity contribution in [1.82, 2.24) is 20.6 Å². The summed E-state index contributed by atoms with van der Waals surface area (Å²) in [6.45, 7) is 4.14. The van der Waals surface area contributed by atoms with Crippen LogP contribution in [0.3, 0.4) is 0 Å². The van der Waals surface area contributed by atoms with Gasteiger partial charge in [-0.3, -0.25) is 0 Å². The van der Waals surface area contributed by atoms with E-state index in [2.05, 4.69) is 20.6 Å². The Hall–Kier alpha value is -3.03. The van der Waals surface area contributed by atoms with Gasteiger partial charge in [-0.2, -0.15) is 5.21 Å². The number of carbonyl (C=O) groups is 1. The third-order valence-corrected chi connectivity index (χ3v) is 5.81. The van der Waals surface area contributed by atoms with Gasteiger partial charge in [-0.05, 0) is 66.1 Å². The fourth-order valence-corrected chi connectivity index (χ4v) is 4.52. The molecule has 0 atom stereocenters. The molecule has 0 spiro atoms. The number of benzene rings is 2. The third kappa shape index (κ3) is 3.92. The summed E-state index contributed by atoms with van der Waals surface area (Å²) in [5, 5.41) is 15.0. The lowest BCUT2D eigenvalue weighted by Crippen LogP contribution is -2.04. The second-order valence-electron chi connectivity index (χ2n) is 6.35. The van der Waals surface area contributed by atoms with E-state index in [1.807, 2.05) is 49.4 Å². The van der Waals surface area contributed by atoms with Crippen molar-refractivity contribution < 1.29 is 9.53 Å². The van der Waals surface area contributed by atoms with Crippen LogP contribution < -0.4 is 0 Å². The maximum atomic E-state index is 12.2. The number of hydrogen-bond donors (Lipinski definition) is 1. The van der Waals surface area contributed by atoms with Gasteiger partial charge in [0.2, 0.25) is 5.82 Å². The Bertz CT molecular complexity index is 1170. The van der Waals surface area contributed by atoms with Crippen LogP contribution in [0.4, 0.5) is 0 Å². The van der Waals surface area contributed by atoms with Crippen molar-refractivity contribution in [1.29, 1.82) is 0 Å². The number of ether oxygens (including phenoxy) is 1. The molecule has 0 radical (unpaired) electrons. The van der Waals surface area contributed by atoms with E-state index in [0.717, 1.165) is 32.0 Å². The van der Waals surface area contributed by atoms with E-state index in [1.54, 1.807) is 24.3 Å². The zero-order valence-electron chi connectivity index (χ0n) is 15.8. The number of nitrogens with zero attached hydrogens (tertiary/aromatic N) is 3. The van der Waals surface area contributed by atoms with Crippen LogP contribution >= 0.6 is 22.9 Å². The van der Waals surface area contributed by atoms with E-state index in [4.69, 9.17) is 16.3 Å². The summed E-state index contributed by atoms with van der Waals surface area (Å²) >= 11 is 7.72. The molecule has 1 N–H and O–H groups in total. The van der Waals surface area contributed by atoms with E-state index in [-0.39, 0.29) is 5.97 Å². The molecule has 146 valence electrons. The van der Waals surface area contributed by atoms with Crippen LogP contribution in [-0.4, -0.2) is 33.2 Å². The lowest BCUT2D eigenvalue weighted by atomic mass is 9.98. The van der Waals surface area contributed by atoms with E-state index < -0.39 is 0 Å². The molecule has 2 aromatic carbocycles. The van der Waals surface area contributed by atoms with Gasteiger partial charge in [-0.15, -0.1) is 21.5 Å². The highest BCUT2D eigenvalue weighted by Gasteiger charge is 2.19. The molecular formula is C21H17ClN4O2S. The number of tetrazole rings is 1. The molecule has 0 aliphatic carbocycles. The van der Waals surface area contributed by atoms with E-state index in [0.29, 0.717) is 23.0 Å². The summed E-state index contributed by atoms with van der Waals surface area (Å²) in [7, 11) is 0. The summed E-state index contributed by atoms with van der Waals surface area (Å²) in [6.07, 6.45) is 0. The van der Waals surface area contributed by atoms with Crippen molar-refractivity contribution in [2.45, 2.75) is 13.8 Å². The van der Waals surface area contributed by atoms with Crippen LogP contribution in [-0.2, 0) is 4.74 Å². The molecule has 0 aliphatic rings. The first-order valence-corrected chi connectivity index (χ1v) is 10.2. The number of rotatable bonds is 5. The van der Waals surface area contributed by atoms with Gasteiger partial charge in [0.05, 0.1) is 17.0 Å². The maximum Gasteiger partial charge on any atom is 0.338 e. The molecule has 0 unspecified atom stereocenters. The fourth-order valence-electron chi connectivity index (χ4n) is 3.09. The minimum Gasteiger partial charge on any atom is -0.462 e. The quantitative estimate of drug-likeness (QED) is 0.434. The largest absolute Gasteiger partial charge is 0.462 e. The average molecular weight is 425 g/mol. The van der Waals surface area contributed by atoms with Crippen LogP contribution in [0.2, 0.25) is 5.02 Å². The summed E-state index contributed by atoms with van der Waals surface area (Å²) in [5.74, 6) is 0.183. The normalized spacial score (nSPS) is 10.9. The molecule has 8 heteroatoms. The van der Waals surface area contributed by atoms with Gasteiger partial charge in [-0.1, -0.05) is 29.8 Å². The highest BCUT2D eigenvalue weighted by Crippen LogP contribution is 2.44. The molecule has 0 aliphatic heterocycles. The number of esters is 1. The van der Waals surface area contributed by atoms with Crippen molar-refractivity contribution >= 4 is 28.9 Å². The highest BCUT2D eigenvalue weighted by atomic mass is 35.5. The molecule has 4 rings (SSSR count). The molecule has 4 aromatic rings. The van der Waals surface area contributed by atoms with Crippen LogP contribution in [0.1, 0.15) is 22.8 Å². The first-order chi connectivity index (χ1) is 14.1. The van der Waals surface area contributed by atoms with E-state index in [1.165, 1.54) is 0 Å². The first kappa shape index (κ1) is 19.3. The number of aryl methyl sites for hydroxylation is 1. The SMILES string of the molecule is CCOC(=O)c1cccc(-c2cc(-c3nn[nH]n3)sc2-c2ccc(Cl)cc2C)c1. The Morgan fingerprint density at radius 1 is 1.17 bits per heavy atom. The Kier molecular flexibility index (Phi) is 5.42. The Morgan fingerprint density at radius 3 is 2.76 bits per heavy atom. The Morgan fingerprint density at radius 2 is 2.03 bits per heavy atom. The molecule has 0 bridgehead atoms. The number of H-pyrrole nitrogens is 1. The van der Waals surface area contributed by atoms with Crippen molar-refractivity contribution in [2.24, 2.45) is 0 Å². The predicted molar refractivity (Wildman–Crippen MR) is 114 cm³/mol.